The van der Waals surface area contributed by atoms with Gasteiger partial charge in [0.05, 0.1) is 23.9 Å². The molecule has 3 aromatic carbocycles. The molecule has 3 heterocycles. The highest BCUT2D eigenvalue weighted by molar-refractivity contribution is 5.92. The number of benzene rings is 3. The van der Waals surface area contributed by atoms with E-state index in [4.69, 9.17) is 14.2 Å². The highest BCUT2D eigenvalue weighted by Crippen LogP contribution is 2.36. The molecule has 36 heavy (non-hydrogen) atoms. The number of rotatable bonds is 6. The van der Waals surface area contributed by atoms with Crippen LogP contribution >= 0.6 is 0 Å². The average Bonchev–Trinajstić information content (AvgIpc) is 3.58. The van der Waals surface area contributed by atoms with Gasteiger partial charge in [0.2, 0.25) is 0 Å². The summed E-state index contributed by atoms with van der Waals surface area (Å²) in [5.41, 5.74) is 4.81. The van der Waals surface area contributed by atoms with Gasteiger partial charge in [0.25, 0.3) is 5.56 Å². The first-order valence-electron chi connectivity index (χ1n) is 11.3. The van der Waals surface area contributed by atoms with Gasteiger partial charge in [0, 0.05) is 11.6 Å². The van der Waals surface area contributed by atoms with E-state index in [1.807, 2.05) is 84.9 Å². The zero-order valence-electron chi connectivity index (χ0n) is 19.3. The van der Waals surface area contributed by atoms with E-state index in [-0.39, 0.29) is 5.56 Å². The molecule has 0 aliphatic heterocycles. The summed E-state index contributed by atoms with van der Waals surface area (Å²) in [6.45, 7) is 0. The van der Waals surface area contributed by atoms with Gasteiger partial charge in [-0.05, 0) is 23.3 Å². The van der Waals surface area contributed by atoms with Crippen LogP contribution in [0.25, 0.3) is 39.2 Å². The zero-order chi connectivity index (χ0) is 24.5. The van der Waals surface area contributed by atoms with Gasteiger partial charge < -0.3 is 14.6 Å². The first kappa shape index (κ1) is 21.4. The molecule has 0 amide bonds. The van der Waals surface area contributed by atoms with Crippen LogP contribution in [0.4, 0.5) is 11.6 Å². The van der Waals surface area contributed by atoms with Gasteiger partial charge in [-0.25, -0.2) is 4.98 Å². The molecule has 0 aliphatic carbocycles. The van der Waals surface area contributed by atoms with Gasteiger partial charge in [0.1, 0.15) is 17.8 Å². The number of ether oxygens (including phenoxy) is 1. The Hall–Kier alpha value is -5.11. The summed E-state index contributed by atoms with van der Waals surface area (Å²) >= 11 is 0. The lowest BCUT2D eigenvalue weighted by Crippen LogP contribution is -2.19. The van der Waals surface area contributed by atoms with Crippen LogP contribution in [0.15, 0.2) is 107 Å². The minimum atomic E-state index is -0.254. The molecule has 0 saturated carbocycles. The van der Waals surface area contributed by atoms with Gasteiger partial charge in [-0.1, -0.05) is 78.0 Å². The molecule has 0 atom stereocenters. The van der Waals surface area contributed by atoms with Crippen molar-refractivity contribution in [2.75, 3.05) is 12.4 Å². The summed E-state index contributed by atoms with van der Waals surface area (Å²) in [5, 5.41) is 10.4. The number of fused-ring (bicyclic) bond motifs is 1. The smallest absolute Gasteiger partial charge is 0.282 e. The number of methoxy groups -OCH3 is 1. The molecule has 0 fully saturated rings. The molecule has 0 saturated heterocycles. The first-order chi connectivity index (χ1) is 17.7. The van der Waals surface area contributed by atoms with Gasteiger partial charge in [-0.3, -0.25) is 9.89 Å². The van der Waals surface area contributed by atoms with E-state index in [1.165, 1.54) is 10.8 Å². The van der Waals surface area contributed by atoms with E-state index in [2.05, 4.69) is 15.6 Å². The lowest BCUT2D eigenvalue weighted by atomic mass is 10.0. The summed E-state index contributed by atoms with van der Waals surface area (Å²) in [5.74, 6) is 1.51. The van der Waals surface area contributed by atoms with Crippen LogP contribution in [0.3, 0.4) is 0 Å². The summed E-state index contributed by atoms with van der Waals surface area (Å²) in [6.07, 6.45) is 1.46. The van der Waals surface area contributed by atoms with Crippen molar-refractivity contribution < 1.29 is 9.26 Å². The van der Waals surface area contributed by atoms with Crippen LogP contribution in [0, 0.1) is 0 Å². The third kappa shape index (κ3) is 3.70. The lowest BCUT2D eigenvalue weighted by Gasteiger charge is -2.11. The van der Waals surface area contributed by atoms with E-state index in [0.29, 0.717) is 34.2 Å². The Morgan fingerprint density at radius 1 is 0.833 bits per heavy atom. The Morgan fingerprint density at radius 2 is 1.50 bits per heavy atom. The summed E-state index contributed by atoms with van der Waals surface area (Å²) in [7, 11) is 1.60. The Morgan fingerprint density at radius 3 is 2.14 bits per heavy atom. The van der Waals surface area contributed by atoms with Crippen molar-refractivity contribution in [2.24, 2.45) is 0 Å². The van der Waals surface area contributed by atoms with Crippen molar-refractivity contribution in [2.45, 2.75) is 0 Å². The summed E-state index contributed by atoms with van der Waals surface area (Å²) in [6, 6.07) is 28.7. The van der Waals surface area contributed by atoms with E-state index < -0.39 is 0 Å². The minimum Gasteiger partial charge on any atom is -0.497 e. The van der Waals surface area contributed by atoms with E-state index >= 15 is 0 Å². The number of nitrogens with one attached hydrogen (secondary N) is 2. The molecule has 2 N–H and O–H groups in total. The first-order valence-corrected chi connectivity index (χ1v) is 11.3. The maximum absolute atomic E-state index is 14.0. The maximum atomic E-state index is 14.0. The molecule has 0 aliphatic rings. The Bertz CT molecular complexity index is 1690. The average molecular weight is 476 g/mol. The van der Waals surface area contributed by atoms with Crippen molar-refractivity contribution >= 4 is 17.3 Å². The maximum Gasteiger partial charge on any atom is 0.282 e. The minimum absolute atomic E-state index is 0.254. The third-order valence-electron chi connectivity index (χ3n) is 5.97. The molecule has 176 valence electrons. The second kappa shape index (κ2) is 8.92. The quantitative estimate of drug-likeness (QED) is 0.318. The molecular formula is C28H21N5O3. The highest BCUT2D eigenvalue weighted by atomic mass is 16.5. The van der Waals surface area contributed by atoms with Crippen LogP contribution in [0.5, 0.6) is 5.75 Å². The Balaban J connectivity index is 1.67. The second-order valence-corrected chi connectivity index (χ2v) is 8.13. The normalized spacial score (nSPS) is 11.0. The molecule has 3 aromatic heterocycles. The fraction of sp³-hybridized carbons (Fsp3) is 0.0357. The SMILES string of the molecule is COc1ccc(-c2c(Nc3ccon3)nc3c(-c4ccccc4)c(-c4ccccc4)[nH]n3c2=O)cc1. The number of aromatic amines is 1. The number of H-pyrrole nitrogens is 1. The molecule has 0 spiro atoms. The molecular weight excluding hydrogens is 454 g/mol. The zero-order valence-corrected chi connectivity index (χ0v) is 19.3. The summed E-state index contributed by atoms with van der Waals surface area (Å²) in [4.78, 5) is 19.0. The van der Waals surface area contributed by atoms with Gasteiger partial charge in [-0.15, -0.1) is 0 Å². The van der Waals surface area contributed by atoms with Crippen LogP contribution in [-0.2, 0) is 0 Å². The summed E-state index contributed by atoms with van der Waals surface area (Å²) < 4.78 is 11.8. The van der Waals surface area contributed by atoms with Crippen LogP contribution in [0.2, 0.25) is 0 Å². The number of nitrogens with zero attached hydrogens (tertiary/aromatic N) is 3. The second-order valence-electron chi connectivity index (χ2n) is 8.13. The van der Waals surface area contributed by atoms with Gasteiger partial charge in [0.15, 0.2) is 11.5 Å². The van der Waals surface area contributed by atoms with Crippen LogP contribution in [0.1, 0.15) is 0 Å². The van der Waals surface area contributed by atoms with Gasteiger partial charge in [-0.2, -0.15) is 4.52 Å². The topological polar surface area (TPSA) is 97.4 Å². The van der Waals surface area contributed by atoms with Crippen LogP contribution < -0.4 is 15.6 Å². The van der Waals surface area contributed by atoms with E-state index in [0.717, 1.165) is 22.4 Å². The van der Waals surface area contributed by atoms with E-state index in [1.54, 1.807) is 13.2 Å². The molecule has 6 rings (SSSR count). The monoisotopic (exact) mass is 475 g/mol. The molecule has 8 nitrogen and oxygen atoms in total. The largest absolute Gasteiger partial charge is 0.497 e. The van der Waals surface area contributed by atoms with Gasteiger partial charge >= 0.3 is 0 Å². The van der Waals surface area contributed by atoms with Crippen LogP contribution in [-0.4, -0.2) is 26.9 Å². The predicted molar refractivity (Wildman–Crippen MR) is 138 cm³/mol. The standard InChI is InChI=1S/C28H21N5O3/c1-35-21-14-12-19(13-15-21)24-26(29-22-16-17-36-32-22)30-27-23(18-8-4-2-5-9-18)25(31-33(27)28(24)34)20-10-6-3-7-11-20/h2-17,31H,1H3,(H,29,32). The molecule has 6 aromatic rings. The molecule has 0 radical (unpaired) electrons. The van der Waals surface area contributed by atoms with E-state index in [9.17, 15) is 4.79 Å². The Labute approximate surface area is 205 Å². The molecule has 8 heteroatoms. The van der Waals surface area contributed by atoms with Crippen molar-refractivity contribution in [1.29, 1.82) is 0 Å². The van der Waals surface area contributed by atoms with Crippen molar-refractivity contribution in [3.05, 3.63) is 108 Å². The Kier molecular flexibility index (Phi) is 5.31. The predicted octanol–water partition coefficient (Wildman–Crippen LogP) is 5.76. The number of hydrogen-bond donors (Lipinski definition) is 2. The lowest BCUT2D eigenvalue weighted by molar-refractivity contribution is 0.415. The number of aromatic nitrogens is 4. The third-order valence-corrected chi connectivity index (χ3v) is 5.97. The fourth-order valence-corrected chi connectivity index (χ4v) is 4.27. The highest BCUT2D eigenvalue weighted by Gasteiger charge is 2.23. The molecule has 0 bridgehead atoms. The number of hydrogen-bond acceptors (Lipinski definition) is 6. The van der Waals surface area contributed by atoms with Crippen molar-refractivity contribution in [3.8, 4) is 39.3 Å². The van der Waals surface area contributed by atoms with Crippen molar-refractivity contribution in [1.82, 2.24) is 19.8 Å². The fourth-order valence-electron chi connectivity index (χ4n) is 4.27. The number of anilines is 2. The van der Waals surface area contributed by atoms with Crippen molar-refractivity contribution in [3.63, 3.8) is 0 Å². The molecule has 0 unspecified atom stereocenters.